The lowest BCUT2D eigenvalue weighted by molar-refractivity contribution is -0.118. The highest BCUT2D eigenvalue weighted by molar-refractivity contribution is 5.91. The molecule has 1 unspecified atom stereocenters. The first-order chi connectivity index (χ1) is 8.19. The molecule has 0 saturated heterocycles. The molecule has 0 aliphatic carbocycles. The first kappa shape index (κ1) is 13.7. The van der Waals surface area contributed by atoms with Gasteiger partial charge >= 0.3 is 0 Å². The molecule has 0 radical (unpaired) electrons. The number of ether oxygens (including phenoxy) is 1. The number of aryl methyl sites for hydroxylation is 1. The third-order valence-electron chi connectivity index (χ3n) is 2.66. The highest BCUT2D eigenvalue weighted by atomic mass is 16.5. The fourth-order valence-corrected chi connectivity index (χ4v) is 1.51. The lowest BCUT2D eigenvalue weighted by Crippen LogP contribution is -2.28. The number of hydrogen-bond acceptors (Lipinski definition) is 3. The second-order valence-electron chi connectivity index (χ2n) is 3.90. The standard InChI is InChI=1S/C13H20N2O2/c1-3-10-4-6-11(7-5-10)15-13(16)8-12(9-14)17-2/h4-7,12H,3,8-9,14H2,1-2H3,(H,15,16). The lowest BCUT2D eigenvalue weighted by atomic mass is 10.1. The Balaban J connectivity index is 2.49. The van der Waals surface area contributed by atoms with Crippen LogP contribution in [-0.4, -0.2) is 25.7 Å². The lowest BCUT2D eigenvalue weighted by Gasteiger charge is -2.12. The largest absolute Gasteiger partial charge is 0.380 e. The Kier molecular flexibility index (Phi) is 5.66. The molecule has 1 amide bonds. The number of rotatable bonds is 6. The molecule has 94 valence electrons. The molecule has 0 bridgehead atoms. The summed E-state index contributed by atoms with van der Waals surface area (Å²) in [4.78, 5) is 11.6. The van der Waals surface area contributed by atoms with Crippen molar-refractivity contribution < 1.29 is 9.53 Å². The van der Waals surface area contributed by atoms with Gasteiger partial charge in [-0.1, -0.05) is 19.1 Å². The molecule has 1 aromatic rings. The van der Waals surface area contributed by atoms with Crippen LogP contribution in [0, 0.1) is 0 Å². The Bertz CT molecular complexity index is 345. The summed E-state index contributed by atoms with van der Waals surface area (Å²) in [6, 6.07) is 7.82. The SMILES string of the molecule is CCc1ccc(NC(=O)CC(CN)OC)cc1. The molecule has 1 rings (SSSR count). The number of benzene rings is 1. The molecule has 0 saturated carbocycles. The highest BCUT2D eigenvalue weighted by Gasteiger charge is 2.11. The predicted octanol–water partition coefficient (Wildman–Crippen LogP) is 1.55. The average Bonchev–Trinajstić information content (AvgIpc) is 2.37. The summed E-state index contributed by atoms with van der Waals surface area (Å²) in [6.45, 7) is 2.44. The Morgan fingerprint density at radius 2 is 2.06 bits per heavy atom. The molecular formula is C13H20N2O2. The Labute approximate surface area is 102 Å². The van der Waals surface area contributed by atoms with Gasteiger partial charge in [0.2, 0.25) is 5.91 Å². The van der Waals surface area contributed by atoms with Gasteiger partial charge in [0.05, 0.1) is 12.5 Å². The molecular weight excluding hydrogens is 216 g/mol. The van der Waals surface area contributed by atoms with Crippen LogP contribution in [0.5, 0.6) is 0 Å². The zero-order valence-corrected chi connectivity index (χ0v) is 10.4. The third-order valence-corrected chi connectivity index (χ3v) is 2.66. The number of hydrogen-bond donors (Lipinski definition) is 2. The summed E-state index contributed by atoms with van der Waals surface area (Å²) < 4.78 is 5.06. The molecule has 3 N–H and O–H groups in total. The predicted molar refractivity (Wildman–Crippen MR) is 68.9 cm³/mol. The van der Waals surface area contributed by atoms with Gasteiger partial charge in [-0.25, -0.2) is 0 Å². The van der Waals surface area contributed by atoms with E-state index in [0.717, 1.165) is 12.1 Å². The molecule has 4 heteroatoms. The van der Waals surface area contributed by atoms with Crippen LogP contribution in [-0.2, 0) is 16.0 Å². The van der Waals surface area contributed by atoms with Crippen LogP contribution >= 0.6 is 0 Å². The van der Waals surface area contributed by atoms with E-state index < -0.39 is 0 Å². The number of amides is 1. The van der Waals surface area contributed by atoms with Crippen molar-refractivity contribution in [3.8, 4) is 0 Å². The molecule has 0 aliphatic heterocycles. The first-order valence-corrected chi connectivity index (χ1v) is 5.81. The van der Waals surface area contributed by atoms with Crippen LogP contribution in [0.25, 0.3) is 0 Å². The van der Waals surface area contributed by atoms with Crippen molar-refractivity contribution in [3.05, 3.63) is 29.8 Å². The molecule has 17 heavy (non-hydrogen) atoms. The van der Waals surface area contributed by atoms with E-state index in [1.54, 1.807) is 7.11 Å². The van der Waals surface area contributed by atoms with Crippen LogP contribution in [0.2, 0.25) is 0 Å². The normalized spacial score (nSPS) is 12.2. The Morgan fingerprint density at radius 3 is 2.53 bits per heavy atom. The van der Waals surface area contributed by atoms with E-state index in [1.807, 2.05) is 24.3 Å². The Morgan fingerprint density at radius 1 is 1.41 bits per heavy atom. The zero-order valence-electron chi connectivity index (χ0n) is 10.4. The minimum atomic E-state index is -0.218. The van der Waals surface area contributed by atoms with Crippen molar-refractivity contribution in [3.63, 3.8) is 0 Å². The summed E-state index contributed by atoms with van der Waals surface area (Å²) in [5.74, 6) is -0.0773. The van der Waals surface area contributed by atoms with Crippen LogP contribution in [0.4, 0.5) is 5.69 Å². The van der Waals surface area contributed by atoms with Crippen molar-refractivity contribution in [2.24, 2.45) is 5.73 Å². The second-order valence-corrected chi connectivity index (χ2v) is 3.90. The maximum atomic E-state index is 11.6. The summed E-state index contributed by atoms with van der Waals surface area (Å²) in [6.07, 6.45) is 1.06. The summed E-state index contributed by atoms with van der Waals surface area (Å²) in [7, 11) is 1.56. The van der Waals surface area contributed by atoms with Crippen LogP contribution in [0.1, 0.15) is 18.9 Å². The van der Waals surface area contributed by atoms with Gasteiger partial charge in [0.15, 0.2) is 0 Å². The van der Waals surface area contributed by atoms with E-state index in [2.05, 4.69) is 12.2 Å². The van der Waals surface area contributed by atoms with E-state index in [-0.39, 0.29) is 18.4 Å². The minimum absolute atomic E-state index is 0.0773. The first-order valence-electron chi connectivity index (χ1n) is 5.81. The number of methoxy groups -OCH3 is 1. The van der Waals surface area contributed by atoms with Gasteiger partial charge in [-0.2, -0.15) is 0 Å². The van der Waals surface area contributed by atoms with Crippen molar-refractivity contribution in [1.29, 1.82) is 0 Å². The van der Waals surface area contributed by atoms with E-state index >= 15 is 0 Å². The fourth-order valence-electron chi connectivity index (χ4n) is 1.51. The van der Waals surface area contributed by atoms with Crippen molar-refractivity contribution in [2.75, 3.05) is 19.0 Å². The number of nitrogens with two attached hydrogens (primary N) is 1. The highest BCUT2D eigenvalue weighted by Crippen LogP contribution is 2.10. The maximum Gasteiger partial charge on any atom is 0.227 e. The second kappa shape index (κ2) is 7.04. The number of anilines is 1. The summed E-state index contributed by atoms with van der Waals surface area (Å²) in [5.41, 5.74) is 7.51. The van der Waals surface area contributed by atoms with Crippen LogP contribution in [0.15, 0.2) is 24.3 Å². The smallest absolute Gasteiger partial charge is 0.227 e. The van der Waals surface area contributed by atoms with Crippen molar-refractivity contribution >= 4 is 11.6 Å². The quantitative estimate of drug-likeness (QED) is 0.787. The average molecular weight is 236 g/mol. The Hall–Kier alpha value is -1.39. The van der Waals surface area contributed by atoms with Gasteiger partial charge in [-0.05, 0) is 24.1 Å². The fraction of sp³-hybridized carbons (Fsp3) is 0.462. The molecule has 1 atom stereocenters. The van der Waals surface area contributed by atoms with Gasteiger partial charge in [0.1, 0.15) is 0 Å². The molecule has 0 aromatic heterocycles. The minimum Gasteiger partial charge on any atom is -0.380 e. The molecule has 0 aliphatic rings. The number of carbonyl (C=O) groups is 1. The molecule has 4 nitrogen and oxygen atoms in total. The van der Waals surface area contributed by atoms with Gasteiger partial charge < -0.3 is 15.8 Å². The van der Waals surface area contributed by atoms with E-state index in [4.69, 9.17) is 10.5 Å². The van der Waals surface area contributed by atoms with Gasteiger partial charge in [-0.3, -0.25) is 4.79 Å². The summed E-state index contributed by atoms with van der Waals surface area (Å²) in [5, 5.41) is 2.82. The van der Waals surface area contributed by atoms with Gasteiger partial charge in [0.25, 0.3) is 0 Å². The molecule has 0 spiro atoms. The summed E-state index contributed by atoms with van der Waals surface area (Å²) >= 11 is 0. The number of carbonyl (C=O) groups excluding carboxylic acids is 1. The van der Waals surface area contributed by atoms with E-state index in [1.165, 1.54) is 5.56 Å². The monoisotopic (exact) mass is 236 g/mol. The van der Waals surface area contributed by atoms with Crippen molar-refractivity contribution in [1.82, 2.24) is 0 Å². The third kappa shape index (κ3) is 4.54. The van der Waals surface area contributed by atoms with Gasteiger partial charge in [0, 0.05) is 19.3 Å². The van der Waals surface area contributed by atoms with E-state index in [9.17, 15) is 4.79 Å². The maximum absolute atomic E-state index is 11.6. The topological polar surface area (TPSA) is 64.4 Å². The van der Waals surface area contributed by atoms with E-state index in [0.29, 0.717) is 6.54 Å². The molecule has 0 fully saturated rings. The molecule has 1 aromatic carbocycles. The van der Waals surface area contributed by atoms with Crippen LogP contribution in [0.3, 0.4) is 0 Å². The number of nitrogens with one attached hydrogen (secondary N) is 1. The zero-order chi connectivity index (χ0) is 12.7. The molecule has 0 heterocycles. The van der Waals surface area contributed by atoms with Crippen molar-refractivity contribution in [2.45, 2.75) is 25.9 Å². The van der Waals surface area contributed by atoms with Gasteiger partial charge in [-0.15, -0.1) is 0 Å². The van der Waals surface area contributed by atoms with Crippen LogP contribution < -0.4 is 11.1 Å².